The van der Waals surface area contributed by atoms with Crippen LogP contribution in [-0.4, -0.2) is 55.7 Å². The van der Waals surface area contributed by atoms with Crippen LogP contribution in [0.1, 0.15) is 227 Å². The van der Waals surface area contributed by atoms with Gasteiger partial charge in [-0.25, -0.2) is 0 Å². The first-order valence-electron chi connectivity index (χ1n) is 21.8. The third-order valence-electron chi connectivity index (χ3n) is 10.8. The summed E-state index contributed by atoms with van der Waals surface area (Å²) in [5.41, 5.74) is 0. The molecule has 1 amide bonds. The quantitative estimate of drug-likeness (QED) is 0.0400. The van der Waals surface area contributed by atoms with E-state index >= 15 is 0 Å². The van der Waals surface area contributed by atoms with E-state index in [9.17, 15) is 9.59 Å². The third-order valence-corrected chi connectivity index (χ3v) is 10.8. The maximum atomic E-state index is 12.3. The molecule has 0 aliphatic heterocycles. The number of unbranched alkanes of at least 4 members (excludes halogenated alkanes) is 26. The summed E-state index contributed by atoms with van der Waals surface area (Å²) in [4.78, 5) is 24.6. The molecular weight excluding hydrogens is 592 g/mol. The molecule has 0 spiro atoms. The lowest BCUT2D eigenvalue weighted by molar-refractivity contribution is -0.925. The van der Waals surface area contributed by atoms with Crippen molar-refractivity contribution in [3.63, 3.8) is 0 Å². The van der Waals surface area contributed by atoms with E-state index in [4.69, 9.17) is 4.74 Å². The molecule has 1 N–H and O–H groups in total. The highest BCUT2D eigenvalue weighted by atomic mass is 16.5. The van der Waals surface area contributed by atoms with Gasteiger partial charge in [0.2, 0.25) is 5.91 Å². The molecule has 0 unspecified atom stereocenters. The fraction of sp³-hybridized carbons (Fsp3) is 0.953. The topological polar surface area (TPSA) is 55.4 Å². The van der Waals surface area contributed by atoms with Gasteiger partial charge >= 0.3 is 5.97 Å². The van der Waals surface area contributed by atoms with Crippen LogP contribution in [0.2, 0.25) is 0 Å². The van der Waals surface area contributed by atoms with Gasteiger partial charge < -0.3 is 14.5 Å². The van der Waals surface area contributed by atoms with Crippen LogP contribution in [0.5, 0.6) is 0 Å². The molecule has 0 fully saturated rings. The number of ether oxygens (including phenoxy) is 1. The number of carbonyl (C=O) groups excluding carboxylic acids is 2. The fourth-order valence-electron chi connectivity index (χ4n) is 7.07. The summed E-state index contributed by atoms with van der Waals surface area (Å²) in [7, 11) is 0. The number of nitrogens with one attached hydrogen (secondary N) is 1. The van der Waals surface area contributed by atoms with Gasteiger partial charge in [0.1, 0.15) is 13.2 Å². The van der Waals surface area contributed by atoms with Crippen LogP contribution in [-0.2, 0) is 14.3 Å². The second-order valence-corrected chi connectivity index (χ2v) is 15.0. The molecule has 0 aromatic heterocycles. The second kappa shape index (κ2) is 37.2. The summed E-state index contributed by atoms with van der Waals surface area (Å²) >= 11 is 0. The van der Waals surface area contributed by atoms with Crippen LogP contribution in [0, 0.1) is 0 Å². The maximum absolute atomic E-state index is 12.3. The molecule has 0 radical (unpaired) electrons. The number of esters is 1. The highest BCUT2D eigenvalue weighted by Gasteiger charge is 2.23. The van der Waals surface area contributed by atoms with E-state index in [1.165, 1.54) is 161 Å². The summed E-state index contributed by atoms with van der Waals surface area (Å²) in [5.74, 6) is 0.170. The standard InChI is InChI=1S/C43H86N2O3/c1-5-9-11-13-15-17-18-19-20-21-22-23-24-25-26-28-30-32-34-37-43(47)48-41-40-45(7-3,8-4)39-35-38-44-42(46)36-33-31-29-27-16-14-12-10-6-2/h5-41H2,1-4H3/p+1. The Kier molecular flexibility index (Phi) is 36.3. The van der Waals surface area contributed by atoms with Crippen molar-refractivity contribution < 1.29 is 18.8 Å². The molecule has 0 aliphatic carbocycles. The molecule has 5 heteroatoms. The highest BCUT2D eigenvalue weighted by Crippen LogP contribution is 2.16. The molecular formula is C43H87N2O3+. The lowest BCUT2D eigenvalue weighted by atomic mass is 10.0. The van der Waals surface area contributed by atoms with E-state index < -0.39 is 0 Å². The van der Waals surface area contributed by atoms with E-state index in [-0.39, 0.29) is 11.9 Å². The number of nitrogens with zero attached hydrogens (tertiary/aromatic N) is 1. The number of hydrogen-bond donors (Lipinski definition) is 1. The van der Waals surface area contributed by atoms with E-state index in [0.29, 0.717) is 19.4 Å². The fourth-order valence-corrected chi connectivity index (χ4v) is 7.07. The summed E-state index contributed by atoms with van der Waals surface area (Å²) in [6.07, 6.45) is 39.6. The van der Waals surface area contributed by atoms with Gasteiger partial charge in [-0.2, -0.15) is 0 Å². The Balaban J connectivity index is 3.65. The number of amides is 1. The van der Waals surface area contributed by atoms with E-state index in [1.54, 1.807) is 0 Å². The van der Waals surface area contributed by atoms with Gasteiger partial charge in [0.25, 0.3) is 0 Å². The molecule has 0 bridgehead atoms. The Morgan fingerprint density at radius 1 is 0.438 bits per heavy atom. The van der Waals surface area contributed by atoms with Crippen molar-refractivity contribution in [1.82, 2.24) is 5.32 Å². The van der Waals surface area contributed by atoms with Gasteiger partial charge in [-0.15, -0.1) is 0 Å². The first-order valence-corrected chi connectivity index (χ1v) is 21.8. The minimum Gasteiger partial charge on any atom is -0.460 e. The van der Waals surface area contributed by atoms with E-state index in [2.05, 4.69) is 33.0 Å². The summed E-state index contributed by atoms with van der Waals surface area (Å²) in [6.45, 7) is 14.2. The van der Waals surface area contributed by atoms with Crippen LogP contribution in [0.15, 0.2) is 0 Å². The average molecular weight is 680 g/mol. The lowest BCUT2D eigenvalue weighted by Crippen LogP contribution is -2.51. The molecule has 0 aromatic carbocycles. The number of rotatable bonds is 39. The molecule has 0 saturated carbocycles. The van der Waals surface area contributed by atoms with Crippen molar-refractivity contribution in [2.75, 3.05) is 39.3 Å². The van der Waals surface area contributed by atoms with Gasteiger partial charge in [-0.05, 0) is 26.7 Å². The minimum atomic E-state index is -0.0314. The summed E-state index contributed by atoms with van der Waals surface area (Å²) in [6, 6.07) is 0. The Morgan fingerprint density at radius 2 is 0.792 bits per heavy atom. The Hall–Kier alpha value is -1.10. The van der Waals surface area contributed by atoms with Crippen LogP contribution in [0.25, 0.3) is 0 Å². The highest BCUT2D eigenvalue weighted by molar-refractivity contribution is 5.75. The largest absolute Gasteiger partial charge is 0.460 e. The van der Waals surface area contributed by atoms with Crippen molar-refractivity contribution in [2.24, 2.45) is 0 Å². The minimum absolute atomic E-state index is 0.0314. The van der Waals surface area contributed by atoms with Crippen molar-refractivity contribution in [1.29, 1.82) is 0 Å². The normalized spacial score (nSPS) is 11.7. The van der Waals surface area contributed by atoms with Crippen molar-refractivity contribution in [2.45, 2.75) is 227 Å². The maximum Gasteiger partial charge on any atom is 0.305 e. The molecule has 0 saturated heterocycles. The lowest BCUT2D eigenvalue weighted by Gasteiger charge is -2.36. The first kappa shape index (κ1) is 46.9. The van der Waals surface area contributed by atoms with Crippen LogP contribution in [0.4, 0.5) is 0 Å². The molecule has 0 heterocycles. The smallest absolute Gasteiger partial charge is 0.305 e. The number of hydrogen-bond acceptors (Lipinski definition) is 3. The zero-order chi connectivity index (χ0) is 35.2. The monoisotopic (exact) mass is 680 g/mol. The number of carbonyl (C=O) groups is 2. The molecule has 48 heavy (non-hydrogen) atoms. The average Bonchev–Trinajstić information content (AvgIpc) is 3.09. The van der Waals surface area contributed by atoms with Gasteiger partial charge in [-0.1, -0.05) is 181 Å². The predicted molar refractivity (Wildman–Crippen MR) is 210 cm³/mol. The predicted octanol–water partition coefficient (Wildman–Crippen LogP) is 12.6. The second-order valence-electron chi connectivity index (χ2n) is 15.0. The molecule has 0 atom stereocenters. The first-order chi connectivity index (χ1) is 23.5. The van der Waals surface area contributed by atoms with Crippen LogP contribution < -0.4 is 5.32 Å². The Bertz CT molecular complexity index is 679. The van der Waals surface area contributed by atoms with Crippen molar-refractivity contribution >= 4 is 11.9 Å². The third kappa shape index (κ3) is 32.1. The number of likely N-dealkylation sites (N-methyl/N-ethyl adjacent to an activating group) is 1. The van der Waals surface area contributed by atoms with E-state index in [0.717, 1.165) is 62.9 Å². The van der Waals surface area contributed by atoms with Gasteiger partial charge in [0.05, 0.1) is 19.6 Å². The van der Waals surface area contributed by atoms with Crippen LogP contribution in [0.3, 0.4) is 0 Å². The zero-order valence-corrected chi connectivity index (χ0v) is 33.3. The Labute approximate surface area is 301 Å². The van der Waals surface area contributed by atoms with Crippen molar-refractivity contribution in [3.8, 4) is 0 Å². The molecule has 5 nitrogen and oxygen atoms in total. The molecule has 0 rings (SSSR count). The summed E-state index contributed by atoms with van der Waals surface area (Å²) < 4.78 is 6.60. The van der Waals surface area contributed by atoms with Gasteiger partial charge in [0.15, 0.2) is 0 Å². The van der Waals surface area contributed by atoms with Crippen molar-refractivity contribution in [3.05, 3.63) is 0 Å². The van der Waals surface area contributed by atoms with Gasteiger partial charge in [-0.3, -0.25) is 9.59 Å². The van der Waals surface area contributed by atoms with Gasteiger partial charge in [0, 0.05) is 25.8 Å². The number of quaternary nitrogens is 1. The molecule has 0 aromatic rings. The zero-order valence-electron chi connectivity index (χ0n) is 33.3. The summed E-state index contributed by atoms with van der Waals surface area (Å²) in [5, 5.41) is 3.14. The SMILES string of the molecule is CCCCCCCCCCCCCCCCCCCCCC(=O)OCC[N+](CC)(CC)CCCNC(=O)CCCCCCCCCCC. The molecule has 286 valence electrons. The van der Waals surface area contributed by atoms with E-state index in [1.807, 2.05) is 0 Å². The van der Waals surface area contributed by atoms with Crippen LogP contribution >= 0.6 is 0 Å². The molecule has 0 aliphatic rings. The Morgan fingerprint density at radius 3 is 1.17 bits per heavy atom.